The normalized spacial score (nSPS) is 24.7. The Morgan fingerprint density at radius 1 is 1.09 bits per heavy atom. The number of carbonyl (C=O) groups excluding carboxylic acids is 1. The van der Waals surface area contributed by atoms with Crippen molar-refractivity contribution in [3.05, 3.63) is 65.2 Å². The summed E-state index contributed by atoms with van der Waals surface area (Å²) in [7, 11) is -4.74. The lowest BCUT2D eigenvalue weighted by atomic mass is 9.86. The number of hydrogen-bond acceptors (Lipinski definition) is 4. The standard InChI is InChI=1S/C23H28FN2O5P/c1-16-6-8-17(9-7-16)14-26-13-11-21(23(26)27)25-12-10-18(20(24)15-25)19-4-2-3-5-22(19)31-32(28,29)30/h2-9,18,20-21H,10-15H2,1H3,(H2,28,29,30)/t18-,20+,21+/m0/s1. The highest BCUT2D eigenvalue weighted by Gasteiger charge is 2.41. The Labute approximate surface area is 187 Å². The van der Waals surface area contributed by atoms with E-state index in [2.05, 4.69) is 0 Å². The number of rotatable bonds is 6. The molecular weight excluding hydrogens is 434 g/mol. The first-order valence-corrected chi connectivity index (χ1v) is 12.3. The lowest BCUT2D eigenvalue weighted by Crippen LogP contribution is -2.49. The van der Waals surface area contributed by atoms with Crippen LogP contribution in [0.15, 0.2) is 48.5 Å². The number of likely N-dealkylation sites (tertiary alicyclic amines) is 2. The second-order valence-corrected chi connectivity index (χ2v) is 9.74. The summed E-state index contributed by atoms with van der Waals surface area (Å²) in [5, 5.41) is 0. The molecule has 2 aliphatic heterocycles. The van der Waals surface area contributed by atoms with E-state index in [-0.39, 0.29) is 24.2 Å². The van der Waals surface area contributed by atoms with Gasteiger partial charge in [0.05, 0.1) is 6.04 Å². The molecule has 0 aromatic heterocycles. The van der Waals surface area contributed by atoms with Gasteiger partial charge in [-0.05, 0) is 37.9 Å². The number of halogens is 1. The van der Waals surface area contributed by atoms with E-state index < -0.39 is 19.9 Å². The van der Waals surface area contributed by atoms with E-state index in [0.717, 1.165) is 5.56 Å². The molecule has 2 aromatic carbocycles. The fourth-order valence-electron chi connectivity index (χ4n) is 4.69. The van der Waals surface area contributed by atoms with Crippen molar-refractivity contribution in [3.8, 4) is 5.75 Å². The molecule has 0 saturated carbocycles. The summed E-state index contributed by atoms with van der Waals surface area (Å²) in [5.74, 6) is -0.515. The Morgan fingerprint density at radius 2 is 1.81 bits per heavy atom. The average molecular weight is 462 g/mol. The Bertz CT molecular complexity index is 1010. The van der Waals surface area contributed by atoms with E-state index in [4.69, 9.17) is 14.3 Å². The largest absolute Gasteiger partial charge is 0.524 e. The fourth-order valence-corrected chi connectivity index (χ4v) is 5.11. The van der Waals surface area contributed by atoms with Crippen LogP contribution in [0.1, 0.15) is 35.4 Å². The van der Waals surface area contributed by atoms with E-state index in [1.165, 1.54) is 11.6 Å². The second-order valence-electron chi connectivity index (χ2n) is 8.58. The maximum Gasteiger partial charge on any atom is 0.524 e. The maximum absolute atomic E-state index is 15.2. The number of aryl methyl sites for hydroxylation is 1. The Morgan fingerprint density at radius 3 is 2.50 bits per heavy atom. The summed E-state index contributed by atoms with van der Waals surface area (Å²) in [4.78, 5) is 35.1. The molecule has 0 aliphatic carbocycles. The highest BCUT2D eigenvalue weighted by Crippen LogP contribution is 2.43. The van der Waals surface area contributed by atoms with Crippen molar-refractivity contribution in [2.45, 2.75) is 44.4 Å². The zero-order valence-electron chi connectivity index (χ0n) is 17.9. The minimum atomic E-state index is -4.74. The lowest BCUT2D eigenvalue weighted by Gasteiger charge is -2.38. The quantitative estimate of drug-likeness (QED) is 0.640. The Hall–Kier alpha value is -2.25. The van der Waals surface area contributed by atoms with Gasteiger partial charge in [0.1, 0.15) is 11.9 Å². The van der Waals surface area contributed by atoms with Crippen LogP contribution < -0.4 is 4.52 Å². The summed E-state index contributed by atoms with van der Waals surface area (Å²) >= 11 is 0. The van der Waals surface area contributed by atoms with Gasteiger partial charge in [-0.1, -0.05) is 48.0 Å². The van der Waals surface area contributed by atoms with Gasteiger partial charge in [0.25, 0.3) is 0 Å². The molecular formula is C23H28FN2O5P. The molecule has 2 fully saturated rings. The van der Waals surface area contributed by atoms with Crippen LogP contribution in [0.3, 0.4) is 0 Å². The number of carbonyl (C=O) groups is 1. The number of benzene rings is 2. The number of phosphoric acid groups is 1. The molecule has 4 rings (SSSR count). The topological polar surface area (TPSA) is 90.3 Å². The Kier molecular flexibility index (Phi) is 6.67. The molecule has 2 saturated heterocycles. The monoisotopic (exact) mass is 462 g/mol. The molecule has 2 aromatic rings. The molecule has 3 atom stereocenters. The molecule has 9 heteroatoms. The van der Waals surface area contributed by atoms with E-state index in [1.807, 2.05) is 41.0 Å². The zero-order valence-corrected chi connectivity index (χ0v) is 18.8. The van der Waals surface area contributed by atoms with Gasteiger partial charge >= 0.3 is 7.82 Å². The molecule has 0 unspecified atom stereocenters. The molecule has 0 bridgehead atoms. The Balaban J connectivity index is 1.40. The van der Waals surface area contributed by atoms with E-state index in [9.17, 15) is 9.36 Å². The summed E-state index contributed by atoms with van der Waals surface area (Å²) < 4.78 is 31.3. The van der Waals surface area contributed by atoms with Crippen molar-refractivity contribution in [3.63, 3.8) is 0 Å². The van der Waals surface area contributed by atoms with Gasteiger partial charge in [0.2, 0.25) is 5.91 Å². The average Bonchev–Trinajstić information content (AvgIpc) is 3.09. The number of alkyl halides is 1. The minimum absolute atomic E-state index is 0.00292. The SMILES string of the molecule is Cc1ccc(CN2CC[C@@H](N3CC[C@@H](c4ccccc4OP(=O)(O)O)[C@H](F)C3)C2=O)cc1. The van der Waals surface area contributed by atoms with Crippen LogP contribution in [0.5, 0.6) is 5.75 Å². The van der Waals surface area contributed by atoms with E-state index >= 15 is 4.39 Å². The molecule has 32 heavy (non-hydrogen) atoms. The van der Waals surface area contributed by atoms with Crippen LogP contribution in [-0.2, 0) is 15.9 Å². The third kappa shape index (κ3) is 5.21. The molecule has 2 N–H and O–H groups in total. The van der Waals surface area contributed by atoms with Gasteiger partial charge in [-0.15, -0.1) is 0 Å². The van der Waals surface area contributed by atoms with Crippen LogP contribution in [0.25, 0.3) is 0 Å². The van der Waals surface area contributed by atoms with Crippen molar-refractivity contribution < 1.29 is 28.1 Å². The molecule has 2 heterocycles. The van der Waals surface area contributed by atoms with Gasteiger partial charge in [0, 0.05) is 31.1 Å². The smallest absolute Gasteiger partial charge is 0.404 e. The van der Waals surface area contributed by atoms with Gasteiger partial charge in [-0.25, -0.2) is 8.96 Å². The predicted octanol–water partition coefficient (Wildman–Crippen LogP) is 3.40. The molecule has 1 amide bonds. The van der Waals surface area contributed by atoms with Crippen LogP contribution in [0.2, 0.25) is 0 Å². The first-order valence-electron chi connectivity index (χ1n) is 10.8. The molecule has 2 aliphatic rings. The summed E-state index contributed by atoms with van der Waals surface area (Å²) in [6, 6.07) is 14.1. The van der Waals surface area contributed by atoms with Crippen molar-refractivity contribution in [2.75, 3.05) is 19.6 Å². The predicted molar refractivity (Wildman–Crippen MR) is 118 cm³/mol. The summed E-state index contributed by atoms with van der Waals surface area (Å²) in [6.45, 7) is 3.85. The maximum atomic E-state index is 15.2. The zero-order chi connectivity index (χ0) is 22.9. The molecule has 172 valence electrons. The van der Waals surface area contributed by atoms with E-state index in [0.29, 0.717) is 38.0 Å². The third-order valence-corrected chi connectivity index (χ3v) is 6.75. The van der Waals surface area contributed by atoms with Crippen LogP contribution in [0, 0.1) is 6.92 Å². The molecule has 0 radical (unpaired) electrons. The summed E-state index contributed by atoms with van der Waals surface area (Å²) in [5.41, 5.74) is 2.69. The van der Waals surface area contributed by atoms with Gasteiger partial charge in [-0.2, -0.15) is 0 Å². The van der Waals surface area contributed by atoms with Gasteiger partial charge < -0.3 is 9.42 Å². The van der Waals surface area contributed by atoms with Crippen molar-refractivity contribution in [1.29, 1.82) is 0 Å². The van der Waals surface area contributed by atoms with E-state index in [1.54, 1.807) is 18.2 Å². The van der Waals surface area contributed by atoms with Gasteiger partial charge in [0.15, 0.2) is 0 Å². The first kappa shape index (κ1) is 22.9. The number of para-hydroxylation sites is 1. The highest BCUT2D eigenvalue weighted by molar-refractivity contribution is 7.46. The summed E-state index contributed by atoms with van der Waals surface area (Å²) in [6.07, 6.45) is -0.172. The lowest BCUT2D eigenvalue weighted by molar-refractivity contribution is -0.133. The number of hydrogen-bond donors (Lipinski definition) is 2. The van der Waals surface area contributed by atoms with Gasteiger partial charge in [-0.3, -0.25) is 19.5 Å². The van der Waals surface area contributed by atoms with Crippen LogP contribution in [0.4, 0.5) is 4.39 Å². The molecule has 7 nitrogen and oxygen atoms in total. The first-order chi connectivity index (χ1) is 15.2. The fraction of sp³-hybridized carbons (Fsp3) is 0.435. The van der Waals surface area contributed by atoms with Crippen molar-refractivity contribution >= 4 is 13.7 Å². The van der Waals surface area contributed by atoms with Crippen molar-refractivity contribution in [2.24, 2.45) is 0 Å². The minimum Gasteiger partial charge on any atom is -0.404 e. The van der Waals surface area contributed by atoms with Crippen LogP contribution >= 0.6 is 7.82 Å². The van der Waals surface area contributed by atoms with Crippen LogP contribution in [-0.4, -0.2) is 57.3 Å². The number of nitrogens with zero attached hydrogens (tertiary/aromatic N) is 2. The number of piperidine rings is 1. The number of phosphoric ester groups is 1. The number of amides is 1. The highest BCUT2D eigenvalue weighted by atomic mass is 31.2. The second kappa shape index (κ2) is 9.32. The third-order valence-electron chi connectivity index (χ3n) is 6.31. The van der Waals surface area contributed by atoms with Crippen molar-refractivity contribution in [1.82, 2.24) is 9.80 Å². The molecule has 0 spiro atoms.